The third-order valence-corrected chi connectivity index (χ3v) is 1.52. The highest BCUT2D eigenvalue weighted by Crippen LogP contribution is 2.06. The average molecular weight is 213 g/mol. The van der Waals surface area contributed by atoms with Crippen LogP contribution in [-0.2, 0) is 4.79 Å². The SMILES string of the molecule is Cc1cc(NC(=O)CCNC(=O)O)no1. The Morgan fingerprint density at radius 1 is 1.60 bits per heavy atom. The van der Waals surface area contributed by atoms with Gasteiger partial charge >= 0.3 is 6.09 Å². The molecule has 0 aliphatic rings. The maximum absolute atomic E-state index is 11.2. The predicted molar refractivity (Wildman–Crippen MR) is 50.5 cm³/mol. The highest BCUT2D eigenvalue weighted by atomic mass is 16.5. The predicted octanol–water partition coefficient (Wildman–Crippen LogP) is 0.579. The summed E-state index contributed by atoms with van der Waals surface area (Å²) in [6.45, 7) is 1.77. The second kappa shape index (κ2) is 4.99. The minimum absolute atomic E-state index is 0.0538. The fraction of sp³-hybridized carbons (Fsp3) is 0.375. The van der Waals surface area contributed by atoms with Crippen molar-refractivity contribution >= 4 is 17.8 Å². The number of nitrogens with one attached hydrogen (secondary N) is 2. The number of anilines is 1. The summed E-state index contributed by atoms with van der Waals surface area (Å²) in [5.41, 5.74) is 0. The summed E-state index contributed by atoms with van der Waals surface area (Å²) < 4.78 is 4.73. The van der Waals surface area contributed by atoms with Gasteiger partial charge in [0, 0.05) is 19.0 Å². The molecule has 0 unspecified atom stereocenters. The molecule has 1 heterocycles. The number of nitrogens with zero attached hydrogens (tertiary/aromatic N) is 1. The van der Waals surface area contributed by atoms with Gasteiger partial charge in [0.1, 0.15) is 5.76 Å². The highest BCUT2D eigenvalue weighted by molar-refractivity contribution is 5.89. The topological polar surface area (TPSA) is 104 Å². The molecule has 1 aromatic heterocycles. The molecule has 82 valence electrons. The monoisotopic (exact) mass is 213 g/mol. The Hall–Kier alpha value is -2.05. The lowest BCUT2D eigenvalue weighted by atomic mass is 10.4. The standard InChI is InChI=1S/C8H11N3O4/c1-5-4-6(11-15-5)10-7(12)2-3-9-8(13)14/h4,9H,2-3H2,1H3,(H,13,14)(H,10,11,12). The van der Waals surface area contributed by atoms with E-state index in [1.165, 1.54) is 0 Å². The van der Waals surface area contributed by atoms with Crippen molar-refractivity contribution in [3.63, 3.8) is 0 Å². The van der Waals surface area contributed by atoms with Gasteiger partial charge in [-0.15, -0.1) is 0 Å². The second-order valence-corrected chi connectivity index (χ2v) is 2.85. The van der Waals surface area contributed by atoms with Gasteiger partial charge in [0.05, 0.1) is 0 Å². The Morgan fingerprint density at radius 3 is 2.87 bits per heavy atom. The fourth-order valence-electron chi connectivity index (χ4n) is 0.914. The zero-order chi connectivity index (χ0) is 11.3. The van der Waals surface area contributed by atoms with E-state index in [1.54, 1.807) is 13.0 Å². The van der Waals surface area contributed by atoms with Crippen molar-refractivity contribution in [1.82, 2.24) is 10.5 Å². The van der Waals surface area contributed by atoms with E-state index >= 15 is 0 Å². The van der Waals surface area contributed by atoms with Crippen molar-refractivity contribution in [2.24, 2.45) is 0 Å². The third-order valence-electron chi connectivity index (χ3n) is 1.52. The molecule has 0 fully saturated rings. The summed E-state index contributed by atoms with van der Waals surface area (Å²) in [6, 6.07) is 1.57. The van der Waals surface area contributed by atoms with Crippen LogP contribution in [0.15, 0.2) is 10.6 Å². The van der Waals surface area contributed by atoms with E-state index in [2.05, 4.69) is 15.8 Å². The number of hydrogen-bond donors (Lipinski definition) is 3. The van der Waals surface area contributed by atoms with Gasteiger partial charge in [-0.1, -0.05) is 5.16 Å². The van der Waals surface area contributed by atoms with Crippen LogP contribution in [0.25, 0.3) is 0 Å². The Kier molecular flexibility index (Phi) is 3.67. The van der Waals surface area contributed by atoms with E-state index in [0.717, 1.165) is 0 Å². The number of carboxylic acid groups (broad SMARTS) is 1. The van der Waals surface area contributed by atoms with E-state index in [9.17, 15) is 9.59 Å². The number of aromatic nitrogens is 1. The van der Waals surface area contributed by atoms with Crippen LogP contribution in [-0.4, -0.2) is 28.8 Å². The smallest absolute Gasteiger partial charge is 0.404 e. The van der Waals surface area contributed by atoms with Crippen LogP contribution in [0.1, 0.15) is 12.2 Å². The number of carbonyl (C=O) groups is 2. The van der Waals surface area contributed by atoms with Crippen molar-refractivity contribution in [3.8, 4) is 0 Å². The van der Waals surface area contributed by atoms with E-state index in [-0.39, 0.29) is 18.9 Å². The van der Waals surface area contributed by atoms with Gasteiger partial charge in [-0.05, 0) is 6.92 Å². The molecule has 7 heteroatoms. The molecule has 2 amide bonds. The minimum Gasteiger partial charge on any atom is -0.465 e. The maximum Gasteiger partial charge on any atom is 0.404 e. The van der Waals surface area contributed by atoms with Gasteiger partial charge in [0.25, 0.3) is 0 Å². The fourth-order valence-corrected chi connectivity index (χ4v) is 0.914. The summed E-state index contributed by atoms with van der Waals surface area (Å²) in [6.07, 6.45) is -1.10. The minimum atomic E-state index is -1.15. The summed E-state index contributed by atoms with van der Waals surface area (Å²) in [5.74, 6) is 0.596. The zero-order valence-corrected chi connectivity index (χ0v) is 8.11. The lowest BCUT2D eigenvalue weighted by molar-refractivity contribution is -0.116. The molecule has 3 N–H and O–H groups in total. The number of hydrogen-bond acceptors (Lipinski definition) is 4. The molecule has 0 aliphatic carbocycles. The normalized spacial score (nSPS) is 9.67. The van der Waals surface area contributed by atoms with E-state index in [1.807, 2.05) is 0 Å². The Bertz CT molecular complexity index is 361. The molecule has 0 spiro atoms. The van der Waals surface area contributed by atoms with Crippen molar-refractivity contribution in [2.45, 2.75) is 13.3 Å². The molecule has 0 atom stereocenters. The van der Waals surface area contributed by atoms with Crippen molar-refractivity contribution in [2.75, 3.05) is 11.9 Å². The molecule has 0 saturated carbocycles. The molecule has 0 bridgehead atoms. The molecule has 0 saturated heterocycles. The van der Waals surface area contributed by atoms with Crippen LogP contribution >= 0.6 is 0 Å². The Morgan fingerprint density at radius 2 is 2.33 bits per heavy atom. The number of aryl methyl sites for hydroxylation is 1. The van der Waals surface area contributed by atoms with Crippen molar-refractivity contribution in [3.05, 3.63) is 11.8 Å². The van der Waals surface area contributed by atoms with Crippen LogP contribution in [0.3, 0.4) is 0 Å². The van der Waals surface area contributed by atoms with Gasteiger partial charge < -0.3 is 20.3 Å². The van der Waals surface area contributed by atoms with Crippen LogP contribution < -0.4 is 10.6 Å². The van der Waals surface area contributed by atoms with E-state index in [0.29, 0.717) is 11.6 Å². The number of amides is 2. The largest absolute Gasteiger partial charge is 0.465 e. The first kappa shape index (κ1) is 11.0. The highest BCUT2D eigenvalue weighted by Gasteiger charge is 2.06. The molecule has 0 aromatic carbocycles. The zero-order valence-electron chi connectivity index (χ0n) is 8.11. The van der Waals surface area contributed by atoms with Gasteiger partial charge in [-0.25, -0.2) is 4.79 Å². The average Bonchev–Trinajstić information content (AvgIpc) is 2.50. The van der Waals surface area contributed by atoms with Crippen LogP contribution in [0.2, 0.25) is 0 Å². The van der Waals surface area contributed by atoms with Gasteiger partial charge in [-0.2, -0.15) is 0 Å². The van der Waals surface area contributed by atoms with Crippen LogP contribution in [0.5, 0.6) is 0 Å². The first-order chi connectivity index (χ1) is 7.08. The van der Waals surface area contributed by atoms with Gasteiger partial charge in [0.15, 0.2) is 5.82 Å². The Labute approximate surface area is 85.4 Å². The van der Waals surface area contributed by atoms with Crippen molar-refractivity contribution in [1.29, 1.82) is 0 Å². The Balaban J connectivity index is 2.27. The number of rotatable bonds is 4. The first-order valence-electron chi connectivity index (χ1n) is 4.28. The van der Waals surface area contributed by atoms with Gasteiger partial charge in [0.2, 0.25) is 5.91 Å². The molecular formula is C8H11N3O4. The lowest BCUT2D eigenvalue weighted by Crippen LogP contribution is -2.25. The molecular weight excluding hydrogens is 202 g/mol. The first-order valence-corrected chi connectivity index (χ1v) is 4.28. The van der Waals surface area contributed by atoms with E-state index < -0.39 is 6.09 Å². The van der Waals surface area contributed by atoms with Gasteiger partial charge in [-0.3, -0.25) is 4.79 Å². The maximum atomic E-state index is 11.2. The number of carbonyl (C=O) groups excluding carboxylic acids is 1. The summed E-state index contributed by atoms with van der Waals surface area (Å²) >= 11 is 0. The van der Waals surface area contributed by atoms with E-state index in [4.69, 9.17) is 9.63 Å². The summed E-state index contributed by atoms with van der Waals surface area (Å²) in [4.78, 5) is 21.2. The van der Waals surface area contributed by atoms with Crippen LogP contribution in [0.4, 0.5) is 10.6 Å². The second-order valence-electron chi connectivity index (χ2n) is 2.85. The summed E-state index contributed by atoms with van der Waals surface area (Å²) in [5, 5.41) is 16.3. The molecule has 7 nitrogen and oxygen atoms in total. The molecule has 0 aliphatic heterocycles. The lowest BCUT2D eigenvalue weighted by Gasteiger charge is -2.00. The van der Waals surface area contributed by atoms with Crippen molar-refractivity contribution < 1.29 is 19.2 Å². The molecule has 0 radical (unpaired) electrons. The molecule has 15 heavy (non-hydrogen) atoms. The third kappa shape index (κ3) is 4.12. The summed E-state index contributed by atoms with van der Waals surface area (Å²) in [7, 11) is 0. The van der Waals surface area contributed by atoms with Crippen LogP contribution in [0, 0.1) is 6.92 Å². The molecule has 1 aromatic rings. The molecule has 1 rings (SSSR count). The quantitative estimate of drug-likeness (QED) is 0.678.